The Kier molecular flexibility index (Phi) is 4.50. The van der Waals surface area contributed by atoms with Crippen LogP contribution in [-0.4, -0.2) is 33.5 Å². The number of hydrogen-bond donors (Lipinski definition) is 1. The Balaban J connectivity index is 2.46. The molecule has 0 unspecified atom stereocenters. The number of anilines is 1. The summed E-state index contributed by atoms with van der Waals surface area (Å²) in [6, 6.07) is 8.66. The topological polar surface area (TPSA) is 83.4 Å². The van der Waals surface area contributed by atoms with Gasteiger partial charge in [0, 0.05) is 5.69 Å². The summed E-state index contributed by atoms with van der Waals surface area (Å²) in [7, 11) is 0. The van der Waals surface area contributed by atoms with Crippen molar-refractivity contribution in [2.45, 2.75) is 20.8 Å². The van der Waals surface area contributed by atoms with E-state index in [1.54, 1.807) is 44.2 Å². The van der Waals surface area contributed by atoms with Crippen molar-refractivity contribution in [2.24, 2.45) is 0 Å². The van der Waals surface area contributed by atoms with Crippen molar-refractivity contribution >= 4 is 17.6 Å². The van der Waals surface area contributed by atoms with E-state index < -0.39 is 18.4 Å². The number of aliphatic carboxylic acids is 1. The number of nitrogens with zero attached hydrogens (tertiary/aromatic N) is 3. The van der Waals surface area contributed by atoms with Gasteiger partial charge in [-0.1, -0.05) is 18.2 Å². The van der Waals surface area contributed by atoms with E-state index in [4.69, 9.17) is 5.11 Å². The van der Waals surface area contributed by atoms with Gasteiger partial charge in [0.15, 0.2) is 0 Å². The van der Waals surface area contributed by atoms with Crippen LogP contribution in [0.5, 0.6) is 0 Å². The van der Waals surface area contributed by atoms with Crippen LogP contribution in [0.25, 0.3) is 0 Å². The summed E-state index contributed by atoms with van der Waals surface area (Å²) in [5.74, 6) is -1.56. The summed E-state index contributed by atoms with van der Waals surface area (Å²) in [4.78, 5) is 33.6. The lowest BCUT2D eigenvalue weighted by Crippen LogP contribution is -2.37. The molecular formula is C16H17N3O3. The van der Waals surface area contributed by atoms with Gasteiger partial charge in [-0.3, -0.25) is 19.5 Å². The number of para-hydroxylation sites is 1. The molecule has 1 aromatic carbocycles. The highest BCUT2D eigenvalue weighted by Gasteiger charge is 2.24. The highest BCUT2D eigenvalue weighted by Crippen LogP contribution is 2.18. The Labute approximate surface area is 128 Å². The summed E-state index contributed by atoms with van der Waals surface area (Å²) in [5.41, 5.74) is 2.57. The number of hydrogen-bond acceptors (Lipinski definition) is 4. The number of carbonyl (C=O) groups excluding carboxylic acids is 1. The molecule has 0 saturated carbocycles. The zero-order chi connectivity index (χ0) is 16.3. The molecule has 1 heterocycles. The van der Waals surface area contributed by atoms with Crippen LogP contribution >= 0.6 is 0 Å². The van der Waals surface area contributed by atoms with Gasteiger partial charge >= 0.3 is 5.97 Å². The molecule has 1 amide bonds. The third-order valence-corrected chi connectivity index (χ3v) is 3.29. The average Bonchev–Trinajstić information content (AvgIpc) is 2.48. The molecule has 0 aliphatic carbocycles. The minimum Gasteiger partial charge on any atom is -0.480 e. The van der Waals surface area contributed by atoms with Crippen molar-refractivity contribution in [2.75, 3.05) is 11.4 Å². The molecule has 2 aromatic rings. The largest absolute Gasteiger partial charge is 0.480 e. The molecule has 0 saturated heterocycles. The molecule has 0 aliphatic rings. The van der Waals surface area contributed by atoms with E-state index >= 15 is 0 Å². The van der Waals surface area contributed by atoms with Crippen LogP contribution in [0.15, 0.2) is 30.3 Å². The van der Waals surface area contributed by atoms with Crippen LogP contribution in [0, 0.1) is 20.8 Å². The smallest absolute Gasteiger partial charge is 0.323 e. The fraction of sp³-hybridized carbons (Fsp3) is 0.250. The summed E-state index contributed by atoms with van der Waals surface area (Å²) in [6.45, 7) is 4.84. The van der Waals surface area contributed by atoms with Crippen molar-refractivity contribution in [3.05, 3.63) is 53.1 Å². The molecule has 22 heavy (non-hydrogen) atoms. The lowest BCUT2D eigenvalue weighted by molar-refractivity contribution is -0.135. The van der Waals surface area contributed by atoms with Crippen LogP contribution in [0.3, 0.4) is 0 Å². The fourth-order valence-electron chi connectivity index (χ4n) is 2.07. The zero-order valence-electron chi connectivity index (χ0n) is 12.7. The summed E-state index contributed by atoms with van der Waals surface area (Å²) in [6.07, 6.45) is 0. The zero-order valence-corrected chi connectivity index (χ0v) is 12.7. The van der Waals surface area contributed by atoms with Crippen molar-refractivity contribution in [1.82, 2.24) is 9.97 Å². The molecule has 114 valence electrons. The van der Waals surface area contributed by atoms with Crippen LogP contribution in [0.4, 0.5) is 5.69 Å². The summed E-state index contributed by atoms with van der Waals surface area (Å²) < 4.78 is 0. The number of benzene rings is 1. The maximum Gasteiger partial charge on any atom is 0.323 e. The summed E-state index contributed by atoms with van der Waals surface area (Å²) >= 11 is 0. The third kappa shape index (κ3) is 3.28. The van der Waals surface area contributed by atoms with Gasteiger partial charge in [-0.05, 0) is 32.9 Å². The molecule has 0 bridgehead atoms. The normalized spacial score (nSPS) is 10.3. The van der Waals surface area contributed by atoms with E-state index in [1.165, 1.54) is 4.90 Å². The van der Waals surface area contributed by atoms with Gasteiger partial charge < -0.3 is 5.11 Å². The molecule has 0 fully saturated rings. The van der Waals surface area contributed by atoms with Crippen molar-refractivity contribution in [3.8, 4) is 0 Å². The number of carboxylic acids is 1. The Morgan fingerprint density at radius 3 is 2.18 bits per heavy atom. The van der Waals surface area contributed by atoms with Gasteiger partial charge in [0.25, 0.3) is 5.91 Å². The quantitative estimate of drug-likeness (QED) is 0.935. The monoisotopic (exact) mass is 299 g/mol. The molecule has 0 aliphatic heterocycles. The molecule has 6 heteroatoms. The van der Waals surface area contributed by atoms with Crippen molar-refractivity contribution in [3.63, 3.8) is 0 Å². The van der Waals surface area contributed by atoms with Gasteiger partial charge in [-0.15, -0.1) is 0 Å². The third-order valence-electron chi connectivity index (χ3n) is 3.29. The fourth-order valence-corrected chi connectivity index (χ4v) is 2.07. The Hall–Kier alpha value is -2.76. The van der Waals surface area contributed by atoms with E-state index in [0.29, 0.717) is 17.1 Å². The SMILES string of the molecule is Cc1nc(C)c(C(=O)N(CC(=O)O)c2ccccc2)nc1C. The first-order chi connectivity index (χ1) is 10.4. The first-order valence-electron chi connectivity index (χ1n) is 6.80. The van der Waals surface area contributed by atoms with Gasteiger partial charge in [0.05, 0.1) is 17.1 Å². The summed E-state index contributed by atoms with van der Waals surface area (Å²) in [5, 5.41) is 9.08. The number of aryl methyl sites for hydroxylation is 3. The second kappa shape index (κ2) is 6.34. The molecular weight excluding hydrogens is 282 g/mol. The maximum absolute atomic E-state index is 12.7. The van der Waals surface area contributed by atoms with Crippen LogP contribution in [0.2, 0.25) is 0 Å². The first-order valence-corrected chi connectivity index (χ1v) is 6.80. The predicted molar refractivity (Wildman–Crippen MR) is 82.0 cm³/mol. The number of carbonyl (C=O) groups is 2. The molecule has 1 aromatic heterocycles. The van der Waals surface area contributed by atoms with Crippen molar-refractivity contribution in [1.29, 1.82) is 0 Å². The number of carboxylic acid groups (broad SMARTS) is 1. The number of amides is 1. The van der Waals surface area contributed by atoms with E-state index in [0.717, 1.165) is 5.69 Å². The molecule has 0 atom stereocenters. The Morgan fingerprint density at radius 1 is 1.00 bits per heavy atom. The van der Waals surface area contributed by atoms with Gasteiger partial charge in [0.1, 0.15) is 12.2 Å². The standard InChI is InChI=1S/C16H17N3O3/c1-10-11(2)18-15(12(3)17-10)16(22)19(9-14(20)21)13-7-5-4-6-8-13/h4-8H,9H2,1-3H3,(H,20,21). The predicted octanol–water partition coefficient (Wildman–Crippen LogP) is 2.13. The Bertz CT molecular complexity index is 714. The van der Waals surface area contributed by atoms with E-state index in [2.05, 4.69) is 9.97 Å². The van der Waals surface area contributed by atoms with Crippen LogP contribution < -0.4 is 4.90 Å². The van der Waals surface area contributed by atoms with Gasteiger partial charge in [0.2, 0.25) is 0 Å². The first kappa shape index (κ1) is 15.6. The molecule has 2 rings (SSSR count). The Morgan fingerprint density at radius 2 is 1.59 bits per heavy atom. The van der Waals surface area contributed by atoms with E-state index in [1.807, 2.05) is 6.92 Å². The maximum atomic E-state index is 12.7. The highest BCUT2D eigenvalue weighted by molar-refractivity contribution is 6.07. The second-order valence-corrected chi connectivity index (χ2v) is 4.95. The molecule has 0 radical (unpaired) electrons. The van der Waals surface area contributed by atoms with Crippen molar-refractivity contribution < 1.29 is 14.7 Å². The minimum absolute atomic E-state index is 0.174. The average molecular weight is 299 g/mol. The minimum atomic E-state index is -1.09. The van der Waals surface area contributed by atoms with E-state index in [9.17, 15) is 9.59 Å². The second-order valence-electron chi connectivity index (χ2n) is 4.95. The van der Waals surface area contributed by atoms with Crippen LogP contribution in [0.1, 0.15) is 27.6 Å². The van der Waals surface area contributed by atoms with Crippen LogP contribution in [-0.2, 0) is 4.79 Å². The van der Waals surface area contributed by atoms with E-state index in [-0.39, 0.29) is 5.69 Å². The lowest BCUT2D eigenvalue weighted by atomic mass is 10.2. The highest BCUT2D eigenvalue weighted by atomic mass is 16.4. The van der Waals surface area contributed by atoms with Gasteiger partial charge in [-0.25, -0.2) is 4.98 Å². The number of aromatic nitrogens is 2. The molecule has 0 spiro atoms. The molecule has 6 nitrogen and oxygen atoms in total. The number of rotatable bonds is 4. The molecule has 1 N–H and O–H groups in total. The van der Waals surface area contributed by atoms with Gasteiger partial charge in [-0.2, -0.15) is 0 Å². The lowest BCUT2D eigenvalue weighted by Gasteiger charge is -2.21.